The molecule has 2 N–H and O–H groups in total. The summed E-state index contributed by atoms with van der Waals surface area (Å²) in [6.45, 7) is 2.14. The minimum Gasteiger partial charge on any atom is -0.508 e. The molecule has 0 spiro atoms. The number of carbonyl (C=O) groups excluding carboxylic acids is 1. The van der Waals surface area contributed by atoms with Gasteiger partial charge in [0.2, 0.25) is 0 Å². The van der Waals surface area contributed by atoms with E-state index < -0.39 is 11.9 Å². The van der Waals surface area contributed by atoms with Gasteiger partial charge in [0.05, 0.1) is 19.1 Å². The number of hydrogen-bond acceptors (Lipinski definition) is 6. The Morgan fingerprint density at radius 1 is 1.20 bits per heavy atom. The molecule has 2 aromatic heterocycles. The molecular weight excluding hydrogens is 386 g/mol. The monoisotopic (exact) mass is 411 g/mol. The SMILES string of the molecule is COC(=O)C[C@H](c1c(O)cc(C)n(CCc2ccc(O)cc2)c1=O)c1ccnn1C. The number of hydrogen-bond donors (Lipinski definition) is 2. The number of ether oxygens (including phenoxy) is 1. The fraction of sp³-hybridized carbons (Fsp3) is 0.318. The molecule has 0 unspecified atom stereocenters. The average Bonchev–Trinajstić information content (AvgIpc) is 3.13. The normalized spacial score (nSPS) is 12.0. The minimum absolute atomic E-state index is 0.0974. The number of esters is 1. The first-order chi connectivity index (χ1) is 14.3. The first-order valence-corrected chi connectivity index (χ1v) is 9.57. The van der Waals surface area contributed by atoms with Crippen LogP contribution in [0.3, 0.4) is 0 Å². The molecule has 8 heteroatoms. The Bertz CT molecular complexity index is 1100. The number of rotatable bonds is 7. The first kappa shape index (κ1) is 21.2. The lowest BCUT2D eigenvalue weighted by molar-refractivity contribution is -0.140. The summed E-state index contributed by atoms with van der Waals surface area (Å²) >= 11 is 0. The van der Waals surface area contributed by atoms with Gasteiger partial charge in [-0.3, -0.25) is 14.3 Å². The molecular formula is C22H25N3O5. The third-order valence-corrected chi connectivity index (χ3v) is 5.25. The molecule has 0 saturated carbocycles. The molecule has 0 amide bonds. The molecule has 3 aromatic rings. The van der Waals surface area contributed by atoms with Crippen LogP contribution in [0.2, 0.25) is 0 Å². The summed E-state index contributed by atoms with van der Waals surface area (Å²) in [5.74, 6) is -1.16. The van der Waals surface area contributed by atoms with Crippen molar-refractivity contribution in [2.75, 3.05) is 7.11 Å². The molecule has 0 saturated heterocycles. The van der Waals surface area contributed by atoms with Gasteiger partial charge in [0.25, 0.3) is 5.56 Å². The second kappa shape index (κ2) is 8.86. The molecule has 0 aliphatic heterocycles. The second-order valence-electron chi connectivity index (χ2n) is 7.17. The van der Waals surface area contributed by atoms with E-state index in [-0.39, 0.29) is 29.0 Å². The number of pyridine rings is 1. The maximum atomic E-state index is 13.4. The topological polar surface area (TPSA) is 107 Å². The molecule has 1 aromatic carbocycles. The summed E-state index contributed by atoms with van der Waals surface area (Å²) in [5, 5.41) is 24.2. The predicted molar refractivity (Wildman–Crippen MR) is 111 cm³/mol. The van der Waals surface area contributed by atoms with Gasteiger partial charge in [-0.15, -0.1) is 0 Å². The number of phenolic OH excluding ortho intramolecular Hbond substituents is 1. The van der Waals surface area contributed by atoms with Gasteiger partial charge in [0.15, 0.2) is 0 Å². The summed E-state index contributed by atoms with van der Waals surface area (Å²) in [7, 11) is 3.00. The quantitative estimate of drug-likeness (QED) is 0.578. The lowest BCUT2D eigenvalue weighted by Gasteiger charge is -2.20. The number of aromatic nitrogens is 3. The van der Waals surface area contributed by atoms with E-state index in [1.165, 1.54) is 13.2 Å². The smallest absolute Gasteiger partial charge is 0.306 e. The molecule has 0 radical (unpaired) electrons. The van der Waals surface area contributed by atoms with Crippen LogP contribution in [-0.4, -0.2) is 37.6 Å². The van der Waals surface area contributed by atoms with Crippen LogP contribution in [0.25, 0.3) is 0 Å². The van der Waals surface area contributed by atoms with E-state index in [4.69, 9.17) is 4.74 Å². The molecule has 1 atom stereocenters. The fourth-order valence-electron chi connectivity index (χ4n) is 3.61. The van der Waals surface area contributed by atoms with Crippen molar-refractivity contribution in [2.24, 2.45) is 7.05 Å². The van der Waals surface area contributed by atoms with Crippen LogP contribution >= 0.6 is 0 Å². The van der Waals surface area contributed by atoms with Gasteiger partial charge < -0.3 is 19.5 Å². The van der Waals surface area contributed by atoms with Crippen molar-refractivity contribution in [1.82, 2.24) is 14.3 Å². The summed E-state index contributed by atoms with van der Waals surface area (Å²) in [6.07, 6.45) is 2.05. The highest BCUT2D eigenvalue weighted by atomic mass is 16.5. The van der Waals surface area contributed by atoms with Gasteiger partial charge in [-0.05, 0) is 43.2 Å². The zero-order valence-corrected chi connectivity index (χ0v) is 17.2. The van der Waals surface area contributed by atoms with Crippen LogP contribution in [0, 0.1) is 6.92 Å². The molecule has 2 heterocycles. The number of benzene rings is 1. The molecule has 0 fully saturated rings. The zero-order valence-electron chi connectivity index (χ0n) is 17.2. The Labute approximate surface area is 174 Å². The Morgan fingerprint density at radius 3 is 2.50 bits per heavy atom. The highest BCUT2D eigenvalue weighted by molar-refractivity contribution is 5.71. The number of phenols is 1. The van der Waals surface area contributed by atoms with Gasteiger partial charge in [-0.1, -0.05) is 12.1 Å². The van der Waals surface area contributed by atoms with Gasteiger partial charge in [-0.25, -0.2) is 0 Å². The van der Waals surface area contributed by atoms with Crippen molar-refractivity contribution in [3.63, 3.8) is 0 Å². The van der Waals surface area contributed by atoms with Gasteiger partial charge in [0, 0.05) is 37.1 Å². The number of aryl methyl sites for hydroxylation is 3. The number of carbonyl (C=O) groups is 1. The molecule has 3 rings (SSSR count). The largest absolute Gasteiger partial charge is 0.508 e. The Balaban J connectivity index is 2.03. The second-order valence-corrected chi connectivity index (χ2v) is 7.17. The minimum atomic E-state index is -0.696. The third kappa shape index (κ3) is 4.37. The Hall–Kier alpha value is -3.55. The summed E-state index contributed by atoms with van der Waals surface area (Å²) in [6, 6.07) is 10.0. The van der Waals surface area contributed by atoms with Crippen LogP contribution in [-0.2, 0) is 29.5 Å². The maximum Gasteiger partial charge on any atom is 0.306 e. The van der Waals surface area contributed by atoms with Gasteiger partial charge in [-0.2, -0.15) is 5.10 Å². The van der Waals surface area contributed by atoms with Gasteiger partial charge >= 0.3 is 5.97 Å². The summed E-state index contributed by atoms with van der Waals surface area (Å²) in [4.78, 5) is 25.4. The van der Waals surface area contributed by atoms with E-state index in [1.54, 1.807) is 59.7 Å². The molecule has 8 nitrogen and oxygen atoms in total. The molecule has 0 bridgehead atoms. The zero-order chi connectivity index (χ0) is 21.8. The van der Waals surface area contributed by atoms with E-state index in [1.807, 2.05) is 0 Å². The number of nitrogens with zero attached hydrogens (tertiary/aromatic N) is 3. The van der Waals surface area contributed by atoms with Crippen LogP contribution in [0.4, 0.5) is 0 Å². The molecule has 0 aliphatic carbocycles. The lowest BCUT2D eigenvalue weighted by Crippen LogP contribution is -2.30. The van der Waals surface area contributed by atoms with Crippen molar-refractivity contribution >= 4 is 5.97 Å². The summed E-state index contributed by atoms with van der Waals surface area (Å²) < 4.78 is 7.97. The van der Waals surface area contributed by atoms with Crippen LogP contribution in [0.5, 0.6) is 11.5 Å². The lowest BCUT2D eigenvalue weighted by atomic mass is 9.92. The maximum absolute atomic E-state index is 13.4. The van der Waals surface area contributed by atoms with E-state index in [0.29, 0.717) is 24.4 Å². The van der Waals surface area contributed by atoms with E-state index >= 15 is 0 Å². The van der Waals surface area contributed by atoms with Crippen molar-refractivity contribution in [1.29, 1.82) is 0 Å². The standard InChI is InChI=1S/C22H25N3O5/c1-14-12-19(27)21(17(13-20(28)30-3)18-8-10-23-24(18)2)22(29)25(14)11-9-15-4-6-16(26)7-5-15/h4-8,10,12,17,26-27H,9,11,13H2,1-3H3/t17-/m0/s1. The van der Waals surface area contributed by atoms with E-state index in [2.05, 4.69) is 5.10 Å². The van der Waals surface area contributed by atoms with Crippen molar-refractivity contribution in [3.8, 4) is 11.5 Å². The Kier molecular flexibility index (Phi) is 6.25. The van der Waals surface area contributed by atoms with Crippen LogP contribution < -0.4 is 5.56 Å². The summed E-state index contributed by atoms with van der Waals surface area (Å²) in [5.41, 5.74) is 1.98. The predicted octanol–water partition coefficient (Wildman–Crippen LogP) is 2.24. The highest BCUT2D eigenvalue weighted by Crippen LogP contribution is 2.32. The fourth-order valence-corrected chi connectivity index (χ4v) is 3.61. The van der Waals surface area contributed by atoms with E-state index in [0.717, 1.165) is 5.56 Å². The molecule has 30 heavy (non-hydrogen) atoms. The molecule has 158 valence electrons. The van der Waals surface area contributed by atoms with Gasteiger partial charge in [0.1, 0.15) is 11.5 Å². The molecule has 0 aliphatic rings. The highest BCUT2D eigenvalue weighted by Gasteiger charge is 2.28. The van der Waals surface area contributed by atoms with Crippen LogP contribution in [0.15, 0.2) is 47.4 Å². The van der Waals surface area contributed by atoms with Crippen molar-refractivity contribution in [2.45, 2.75) is 32.2 Å². The van der Waals surface area contributed by atoms with Crippen LogP contribution in [0.1, 0.15) is 34.9 Å². The Morgan fingerprint density at radius 2 is 1.90 bits per heavy atom. The third-order valence-electron chi connectivity index (χ3n) is 5.25. The number of methoxy groups -OCH3 is 1. The van der Waals surface area contributed by atoms with E-state index in [9.17, 15) is 19.8 Å². The first-order valence-electron chi connectivity index (χ1n) is 9.57. The van der Waals surface area contributed by atoms with Crippen molar-refractivity contribution in [3.05, 3.63) is 75.5 Å². The average molecular weight is 411 g/mol. The number of aromatic hydroxyl groups is 2. The van der Waals surface area contributed by atoms with Crippen molar-refractivity contribution < 1.29 is 19.7 Å².